The number of esters is 1. The highest BCUT2D eigenvalue weighted by Crippen LogP contribution is 2.25. The lowest BCUT2D eigenvalue weighted by Crippen LogP contribution is -2.48. The number of ether oxygens (including phenoxy) is 1. The van der Waals surface area contributed by atoms with Crippen molar-refractivity contribution in [3.63, 3.8) is 0 Å². The number of aromatic nitrogens is 1. The Labute approximate surface area is 120 Å². The molecule has 1 atom stereocenters. The molecule has 1 aromatic heterocycles. The first-order valence-electron chi connectivity index (χ1n) is 7.14. The number of hydrogen-bond donors (Lipinski definition) is 0. The van der Waals surface area contributed by atoms with E-state index < -0.39 is 0 Å². The molecule has 0 N–H and O–H groups in total. The average molecular weight is 277 g/mol. The van der Waals surface area contributed by atoms with Crippen molar-refractivity contribution in [2.45, 2.75) is 19.9 Å². The summed E-state index contributed by atoms with van der Waals surface area (Å²) in [6.07, 6.45) is 1.75. The lowest BCUT2D eigenvalue weighted by atomic mass is 10.0. The third-order valence-corrected chi connectivity index (χ3v) is 3.76. The van der Waals surface area contributed by atoms with Gasteiger partial charge in [-0.15, -0.1) is 0 Å². The number of rotatable bonds is 4. The molecule has 1 fully saturated rings. The molecule has 1 aromatic rings. The molecule has 0 saturated carbocycles. The first-order valence-corrected chi connectivity index (χ1v) is 7.14. The van der Waals surface area contributed by atoms with Crippen molar-refractivity contribution in [2.24, 2.45) is 0 Å². The van der Waals surface area contributed by atoms with E-state index in [9.17, 15) is 4.79 Å². The van der Waals surface area contributed by atoms with Crippen LogP contribution in [0.5, 0.6) is 0 Å². The lowest BCUT2D eigenvalue weighted by Gasteiger charge is -2.37. The number of piperazine rings is 1. The van der Waals surface area contributed by atoms with Gasteiger partial charge >= 0.3 is 5.97 Å². The van der Waals surface area contributed by atoms with E-state index in [4.69, 9.17) is 4.74 Å². The van der Waals surface area contributed by atoms with E-state index in [1.807, 2.05) is 26.0 Å². The minimum absolute atomic E-state index is 0.173. The first-order chi connectivity index (χ1) is 9.63. The van der Waals surface area contributed by atoms with E-state index in [1.54, 1.807) is 6.20 Å². The number of likely N-dealkylation sites (N-methyl/N-ethyl adjacent to an activating group) is 1. The monoisotopic (exact) mass is 277 g/mol. The highest BCUT2D eigenvalue weighted by atomic mass is 16.5. The summed E-state index contributed by atoms with van der Waals surface area (Å²) >= 11 is 0. The molecule has 0 amide bonds. The van der Waals surface area contributed by atoms with E-state index in [2.05, 4.69) is 21.8 Å². The SMILES string of the molecule is CCOC(=O)C(c1cccnc1C)N1CCN(C)CC1. The Balaban J connectivity index is 2.25. The Morgan fingerprint density at radius 2 is 2.10 bits per heavy atom. The Morgan fingerprint density at radius 1 is 1.40 bits per heavy atom. The van der Waals surface area contributed by atoms with Crippen molar-refractivity contribution < 1.29 is 9.53 Å². The van der Waals surface area contributed by atoms with Crippen molar-refractivity contribution in [3.8, 4) is 0 Å². The second kappa shape index (κ2) is 6.81. The third-order valence-electron chi connectivity index (χ3n) is 3.76. The van der Waals surface area contributed by atoms with Crippen LogP contribution in [0.2, 0.25) is 0 Å². The predicted octanol–water partition coefficient (Wildman–Crippen LogP) is 1.24. The van der Waals surface area contributed by atoms with E-state index in [0.717, 1.165) is 37.4 Å². The second-order valence-electron chi connectivity index (χ2n) is 5.17. The van der Waals surface area contributed by atoms with Crippen LogP contribution in [0.4, 0.5) is 0 Å². The van der Waals surface area contributed by atoms with E-state index in [0.29, 0.717) is 6.61 Å². The molecule has 1 saturated heterocycles. The highest BCUT2D eigenvalue weighted by molar-refractivity contribution is 5.78. The van der Waals surface area contributed by atoms with E-state index in [1.165, 1.54) is 0 Å². The van der Waals surface area contributed by atoms with Gasteiger partial charge in [0.1, 0.15) is 6.04 Å². The fourth-order valence-corrected chi connectivity index (χ4v) is 2.56. The Hall–Kier alpha value is -1.46. The zero-order chi connectivity index (χ0) is 14.5. The summed E-state index contributed by atoms with van der Waals surface area (Å²) in [5.41, 5.74) is 1.85. The quantitative estimate of drug-likeness (QED) is 0.775. The van der Waals surface area contributed by atoms with E-state index in [-0.39, 0.29) is 12.0 Å². The van der Waals surface area contributed by atoms with E-state index >= 15 is 0 Å². The normalized spacial score (nSPS) is 18.8. The number of hydrogen-bond acceptors (Lipinski definition) is 5. The topological polar surface area (TPSA) is 45.7 Å². The molecule has 20 heavy (non-hydrogen) atoms. The van der Waals surface area contributed by atoms with Crippen molar-refractivity contribution in [1.29, 1.82) is 0 Å². The number of carbonyl (C=O) groups is 1. The van der Waals surface area contributed by atoms with Crippen molar-refractivity contribution >= 4 is 5.97 Å². The van der Waals surface area contributed by atoms with Crippen molar-refractivity contribution in [1.82, 2.24) is 14.8 Å². The zero-order valence-electron chi connectivity index (χ0n) is 12.5. The highest BCUT2D eigenvalue weighted by Gasteiger charge is 2.32. The molecule has 1 unspecified atom stereocenters. The number of aryl methyl sites for hydroxylation is 1. The van der Waals surface area contributed by atoms with Crippen LogP contribution in [0.3, 0.4) is 0 Å². The van der Waals surface area contributed by atoms with Crippen LogP contribution in [0.15, 0.2) is 18.3 Å². The maximum atomic E-state index is 12.4. The van der Waals surface area contributed by atoms with Gasteiger partial charge in [0, 0.05) is 43.6 Å². The summed E-state index contributed by atoms with van der Waals surface area (Å²) in [7, 11) is 2.10. The number of nitrogens with zero attached hydrogens (tertiary/aromatic N) is 3. The molecule has 2 rings (SSSR count). The molecule has 5 nitrogen and oxygen atoms in total. The fraction of sp³-hybridized carbons (Fsp3) is 0.600. The maximum absolute atomic E-state index is 12.4. The summed E-state index contributed by atoms with van der Waals surface area (Å²) < 4.78 is 5.27. The second-order valence-corrected chi connectivity index (χ2v) is 5.17. The molecule has 0 bridgehead atoms. The van der Waals surface area contributed by atoms with Gasteiger partial charge in [-0.05, 0) is 27.0 Å². The van der Waals surface area contributed by atoms with Crippen LogP contribution in [-0.4, -0.2) is 60.6 Å². The Kier molecular flexibility index (Phi) is 5.09. The largest absolute Gasteiger partial charge is 0.465 e. The minimum Gasteiger partial charge on any atom is -0.465 e. The van der Waals surface area contributed by atoms with Gasteiger partial charge in [-0.3, -0.25) is 9.88 Å². The predicted molar refractivity (Wildman–Crippen MR) is 77.4 cm³/mol. The molecule has 0 radical (unpaired) electrons. The summed E-state index contributed by atoms with van der Waals surface area (Å²) in [6, 6.07) is 3.52. The standard InChI is InChI=1S/C15H23N3O2/c1-4-20-15(19)14(13-6-5-7-16-12(13)2)18-10-8-17(3)9-11-18/h5-7,14H,4,8-11H2,1-3H3. The van der Waals surface area contributed by atoms with Gasteiger partial charge in [0.2, 0.25) is 0 Å². The van der Waals surface area contributed by atoms with Crippen LogP contribution in [-0.2, 0) is 9.53 Å². The molecular formula is C15H23N3O2. The number of pyridine rings is 1. The van der Waals surface area contributed by atoms with Crippen LogP contribution in [0.1, 0.15) is 24.2 Å². The third kappa shape index (κ3) is 3.35. The van der Waals surface area contributed by atoms with Crippen molar-refractivity contribution in [3.05, 3.63) is 29.6 Å². The Bertz CT molecular complexity index is 456. The smallest absolute Gasteiger partial charge is 0.328 e. The fourth-order valence-electron chi connectivity index (χ4n) is 2.56. The van der Waals surface area contributed by atoms with Crippen LogP contribution >= 0.6 is 0 Å². The molecule has 0 aromatic carbocycles. The summed E-state index contributed by atoms with van der Waals surface area (Å²) in [5.74, 6) is -0.173. The zero-order valence-corrected chi connectivity index (χ0v) is 12.5. The maximum Gasteiger partial charge on any atom is 0.328 e. The van der Waals surface area contributed by atoms with Gasteiger partial charge in [-0.25, -0.2) is 4.79 Å². The van der Waals surface area contributed by atoms with Gasteiger partial charge < -0.3 is 9.64 Å². The molecule has 2 heterocycles. The van der Waals surface area contributed by atoms with Gasteiger partial charge in [0.25, 0.3) is 0 Å². The summed E-state index contributed by atoms with van der Waals surface area (Å²) in [5, 5.41) is 0. The average Bonchev–Trinajstić information content (AvgIpc) is 2.44. The molecule has 1 aliphatic heterocycles. The first kappa shape index (κ1) is 14.9. The number of carbonyl (C=O) groups excluding carboxylic acids is 1. The van der Waals surface area contributed by atoms with Gasteiger partial charge in [-0.2, -0.15) is 0 Å². The van der Waals surface area contributed by atoms with Gasteiger partial charge in [0.15, 0.2) is 0 Å². The summed E-state index contributed by atoms with van der Waals surface area (Å²) in [4.78, 5) is 21.1. The van der Waals surface area contributed by atoms with Crippen LogP contribution in [0, 0.1) is 6.92 Å². The molecule has 1 aliphatic rings. The molecule has 0 spiro atoms. The summed E-state index contributed by atoms with van der Waals surface area (Å²) in [6.45, 7) is 7.86. The Morgan fingerprint density at radius 3 is 2.70 bits per heavy atom. The minimum atomic E-state index is -0.336. The van der Waals surface area contributed by atoms with Gasteiger partial charge in [-0.1, -0.05) is 6.07 Å². The molecule has 5 heteroatoms. The lowest BCUT2D eigenvalue weighted by molar-refractivity contribution is -0.150. The molecule has 110 valence electrons. The molecule has 0 aliphatic carbocycles. The van der Waals surface area contributed by atoms with Crippen molar-refractivity contribution in [2.75, 3.05) is 39.8 Å². The molecular weight excluding hydrogens is 254 g/mol. The van der Waals surface area contributed by atoms with Crippen LogP contribution in [0.25, 0.3) is 0 Å². The van der Waals surface area contributed by atoms with Crippen LogP contribution < -0.4 is 0 Å². The van der Waals surface area contributed by atoms with Gasteiger partial charge in [0.05, 0.1) is 6.61 Å².